The quantitative estimate of drug-likeness (QED) is 0.668. The zero-order valence-corrected chi connectivity index (χ0v) is 11.4. The highest BCUT2D eigenvalue weighted by atomic mass is 32.1. The molecule has 3 heterocycles. The van der Waals surface area contributed by atoms with Crippen molar-refractivity contribution in [3.05, 3.63) is 40.5 Å². The fraction of sp³-hybridized carbons (Fsp3) is 0.200. The summed E-state index contributed by atoms with van der Waals surface area (Å²) >= 11 is 1.66. The number of hydrogen-bond acceptors (Lipinski definition) is 4. The Kier molecular flexibility index (Phi) is 2.11. The van der Waals surface area contributed by atoms with E-state index in [0.717, 1.165) is 32.9 Å². The van der Waals surface area contributed by atoms with Gasteiger partial charge in [0.1, 0.15) is 5.76 Å². The highest BCUT2D eigenvalue weighted by Gasteiger charge is 2.30. The second-order valence-corrected chi connectivity index (χ2v) is 5.76. The van der Waals surface area contributed by atoms with Gasteiger partial charge in [-0.1, -0.05) is 0 Å². The molecule has 3 aromatic rings. The van der Waals surface area contributed by atoms with Crippen molar-refractivity contribution in [1.29, 1.82) is 0 Å². The summed E-state index contributed by atoms with van der Waals surface area (Å²) in [5, 5.41) is 13.5. The van der Waals surface area contributed by atoms with Gasteiger partial charge in [0, 0.05) is 21.9 Å². The van der Waals surface area contributed by atoms with Crippen LogP contribution in [0, 0.1) is 13.8 Å². The lowest BCUT2D eigenvalue weighted by molar-refractivity contribution is -0.0218. The molecule has 4 heteroatoms. The molecule has 4 rings (SSSR count). The fourth-order valence-electron chi connectivity index (χ4n) is 2.69. The summed E-state index contributed by atoms with van der Waals surface area (Å²) in [5.74, 6) is 2.14. The van der Waals surface area contributed by atoms with Crippen molar-refractivity contribution in [3.8, 4) is 17.1 Å². The molecule has 3 nitrogen and oxygen atoms in total. The lowest BCUT2D eigenvalue weighted by Crippen LogP contribution is -2.12. The molecule has 0 spiro atoms. The molecule has 1 aromatic carbocycles. The van der Waals surface area contributed by atoms with Gasteiger partial charge < -0.3 is 14.3 Å². The van der Waals surface area contributed by atoms with Crippen LogP contribution in [0.25, 0.3) is 21.4 Å². The van der Waals surface area contributed by atoms with Crippen molar-refractivity contribution in [3.63, 3.8) is 0 Å². The molecule has 0 saturated carbocycles. The van der Waals surface area contributed by atoms with Crippen LogP contribution in [0.1, 0.15) is 23.2 Å². The molecule has 1 N–H and O–H groups in total. The van der Waals surface area contributed by atoms with Gasteiger partial charge in [-0.2, -0.15) is 0 Å². The van der Waals surface area contributed by atoms with Crippen LogP contribution in [0.2, 0.25) is 0 Å². The molecule has 1 unspecified atom stereocenters. The minimum absolute atomic E-state index is 0.621. The average Bonchev–Trinajstić information content (AvgIpc) is 2.95. The maximum Gasteiger partial charge on any atom is 0.225 e. The van der Waals surface area contributed by atoms with Crippen molar-refractivity contribution in [2.45, 2.75) is 20.1 Å². The van der Waals surface area contributed by atoms with Crippen LogP contribution in [-0.4, -0.2) is 5.11 Å². The molecule has 0 amide bonds. The molecule has 1 atom stereocenters. The first-order valence-corrected chi connectivity index (χ1v) is 6.99. The maximum atomic E-state index is 10.2. The van der Waals surface area contributed by atoms with Crippen LogP contribution >= 0.6 is 11.3 Å². The molecule has 2 aromatic heterocycles. The summed E-state index contributed by atoms with van der Waals surface area (Å²) in [4.78, 5) is 0. The smallest absolute Gasteiger partial charge is 0.225 e. The van der Waals surface area contributed by atoms with Crippen LogP contribution in [0.3, 0.4) is 0 Å². The van der Waals surface area contributed by atoms with Crippen LogP contribution in [0.4, 0.5) is 0 Å². The normalized spacial score (nSPS) is 17.1. The van der Waals surface area contributed by atoms with E-state index in [9.17, 15) is 5.11 Å². The Morgan fingerprint density at radius 3 is 2.95 bits per heavy atom. The number of thiophene rings is 1. The Balaban J connectivity index is 2.17. The molecule has 0 saturated heterocycles. The Labute approximate surface area is 114 Å². The van der Waals surface area contributed by atoms with Gasteiger partial charge in [0.2, 0.25) is 6.29 Å². The first kappa shape index (κ1) is 11.1. The number of hydrogen-bond donors (Lipinski definition) is 1. The lowest BCUT2D eigenvalue weighted by atomic mass is 9.97. The molecule has 1 aliphatic rings. The van der Waals surface area contributed by atoms with Gasteiger partial charge in [-0.15, -0.1) is 11.3 Å². The van der Waals surface area contributed by atoms with Gasteiger partial charge >= 0.3 is 0 Å². The van der Waals surface area contributed by atoms with Crippen molar-refractivity contribution in [1.82, 2.24) is 0 Å². The van der Waals surface area contributed by atoms with Gasteiger partial charge in [0.15, 0.2) is 11.5 Å². The first-order valence-electron chi connectivity index (χ1n) is 6.11. The van der Waals surface area contributed by atoms with Crippen molar-refractivity contribution < 1.29 is 14.3 Å². The summed E-state index contributed by atoms with van der Waals surface area (Å²) in [5.41, 5.74) is 2.90. The Bertz CT molecular complexity index is 797. The predicted molar refractivity (Wildman–Crippen MR) is 74.6 cm³/mol. The van der Waals surface area contributed by atoms with Gasteiger partial charge in [-0.3, -0.25) is 0 Å². The van der Waals surface area contributed by atoms with Crippen LogP contribution in [-0.2, 0) is 0 Å². The van der Waals surface area contributed by atoms with Crippen molar-refractivity contribution in [2.75, 3.05) is 0 Å². The predicted octanol–water partition coefficient (Wildman–Crippen LogP) is 4.16. The Morgan fingerprint density at radius 1 is 1.26 bits per heavy atom. The summed E-state index contributed by atoms with van der Waals surface area (Å²) in [7, 11) is 0. The summed E-state index contributed by atoms with van der Waals surface area (Å²) < 4.78 is 12.4. The average molecular weight is 272 g/mol. The number of furan rings is 1. The summed E-state index contributed by atoms with van der Waals surface area (Å²) in [6.45, 7) is 3.93. The van der Waals surface area contributed by atoms with Gasteiger partial charge in [-0.05, 0) is 42.3 Å². The maximum absolute atomic E-state index is 10.2. The zero-order valence-electron chi connectivity index (χ0n) is 10.6. The lowest BCUT2D eigenvalue weighted by Gasteiger charge is -2.22. The summed E-state index contributed by atoms with van der Waals surface area (Å²) in [6, 6.07) is 5.91. The van der Waals surface area contributed by atoms with Crippen LogP contribution < -0.4 is 4.74 Å². The number of aryl methyl sites for hydroxylation is 2. The Morgan fingerprint density at radius 2 is 2.11 bits per heavy atom. The van der Waals surface area contributed by atoms with E-state index < -0.39 is 6.29 Å². The largest absolute Gasteiger partial charge is 0.457 e. The number of aliphatic hydroxyl groups is 1. The molecular formula is C15H12O3S. The molecule has 0 bridgehead atoms. The van der Waals surface area contributed by atoms with Crippen LogP contribution in [0.15, 0.2) is 28.0 Å². The van der Waals surface area contributed by atoms with E-state index in [-0.39, 0.29) is 0 Å². The van der Waals surface area contributed by atoms with E-state index in [1.807, 2.05) is 26.0 Å². The monoisotopic (exact) mass is 272 g/mol. The second-order valence-electron chi connectivity index (χ2n) is 4.84. The SMILES string of the molecule is Cc1cc2c(o1)-c1c(cc(C)c3ccsc13)C(O)O2. The zero-order chi connectivity index (χ0) is 13.1. The molecule has 0 aliphatic carbocycles. The molecule has 19 heavy (non-hydrogen) atoms. The van der Waals surface area contributed by atoms with Crippen molar-refractivity contribution in [2.24, 2.45) is 0 Å². The Hall–Kier alpha value is -1.78. The number of aliphatic hydroxyl groups excluding tert-OH is 1. The highest BCUT2D eigenvalue weighted by Crippen LogP contribution is 2.48. The molecular weight excluding hydrogens is 260 g/mol. The minimum atomic E-state index is -0.926. The number of benzene rings is 1. The van der Waals surface area contributed by atoms with E-state index in [2.05, 4.69) is 11.4 Å². The van der Waals surface area contributed by atoms with Crippen LogP contribution in [0.5, 0.6) is 5.75 Å². The number of rotatable bonds is 0. The van der Waals surface area contributed by atoms with Gasteiger partial charge in [0.05, 0.1) is 0 Å². The van der Waals surface area contributed by atoms with E-state index in [1.165, 1.54) is 5.39 Å². The third-order valence-corrected chi connectivity index (χ3v) is 4.46. The minimum Gasteiger partial charge on any atom is -0.457 e. The molecule has 0 radical (unpaired) electrons. The third kappa shape index (κ3) is 1.41. The third-order valence-electron chi connectivity index (χ3n) is 3.53. The molecule has 1 aliphatic heterocycles. The standard InChI is InChI=1S/C15H12O3S/c1-7-5-10-12(14-9(7)3-4-19-14)13-11(18-15(10)16)6-8(2)17-13/h3-6,15-16H,1-2H3. The van der Waals surface area contributed by atoms with E-state index in [0.29, 0.717) is 5.75 Å². The van der Waals surface area contributed by atoms with Gasteiger partial charge in [-0.25, -0.2) is 0 Å². The van der Waals surface area contributed by atoms with E-state index in [1.54, 1.807) is 11.3 Å². The van der Waals surface area contributed by atoms with Crippen molar-refractivity contribution >= 4 is 21.4 Å². The molecule has 96 valence electrons. The van der Waals surface area contributed by atoms with E-state index >= 15 is 0 Å². The highest BCUT2D eigenvalue weighted by molar-refractivity contribution is 7.17. The number of ether oxygens (including phenoxy) is 1. The van der Waals surface area contributed by atoms with Gasteiger partial charge in [0.25, 0.3) is 0 Å². The van der Waals surface area contributed by atoms with E-state index in [4.69, 9.17) is 9.15 Å². The fourth-order valence-corrected chi connectivity index (χ4v) is 3.72. The first-order chi connectivity index (χ1) is 9.15. The topological polar surface area (TPSA) is 42.6 Å². The second kappa shape index (κ2) is 3.62. The number of fused-ring (bicyclic) bond motifs is 5. The molecule has 0 fully saturated rings. The summed E-state index contributed by atoms with van der Waals surface area (Å²) in [6.07, 6.45) is -0.926.